The zero-order valence-electron chi connectivity index (χ0n) is 9.12. The second-order valence-corrected chi connectivity index (χ2v) is 2.90. The molecule has 0 aliphatic carbocycles. The number of rotatable bonds is 5. The van der Waals surface area contributed by atoms with E-state index in [-0.39, 0.29) is 0 Å². The van der Waals surface area contributed by atoms with Crippen molar-refractivity contribution < 1.29 is 9.47 Å². The second-order valence-electron chi connectivity index (χ2n) is 2.90. The molecule has 0 fully saturated rings. The Morgan fingerprint density at radius 2 is 2.13 bits per heavy atom. The van der Waals surface area contributed by atoms with Crippen molar-refractivity contribution in [3.05, 3.63) is 37.4 Å². The van der Waals surface area contributed by atoms with Gasteiger partial charge in [-0.1, -0.05) is 6.08 Å². The lowest BCUT2D eigenvalue weighted by Crippen LogP contribution is -1.94. The maximum atomic E-state index is 5.21. The van der Waals surface area contributed by atoms with E-state index < -0.39 is 0 Å². The third kappa shape index (κ3) is 3.20. The van der Waals surface area contributed by atoms with Crippen molar-refractivity contribution in [1.82, 2.24) is 0 Å². The number of benzene rings is 1. The van der Waals surface area contributed by atoms with E-state index in [0.29, 0.717) is 0 Å². The normalized spacial score (nSPS) is 10.3. The molecule has 0 bridgehead atoms. The van der Waals surface area contributed by atoms with Crippen molar-refractivity contribution in [2.75, 3.05) is 19.5 Å². The Kier molecular flexibility index (Phi) is 4.54. The Morgan fingerprint density at radius 1 is 1.33 bits per heavy atom. The van der Waals surface area contributed by atoms with Gasteiger partial charge in [-0.05, 0) is 31.7 Å². The Hall–Kier alpha value is -1.64. The molecule has 1 aromatic rings. The molecule has 0 aliphatic heterocycles. The van der Waals surface area contributed by atoms with Crippen molar-refractivity contribution >= 4 is 5.69 Å². The first kappa shape index (κ1) is 11.4. The van der Waals surface area contributed by atoms with Crippen LogP contribution in [0.25, 0.3) is 0 Å². The van der Waals surface area contributed by atoms with Crippen LogP contribution in [-0.2, 0) is 0 Å². The van der Waals surface area contributed by atoms with Gasteiger partial charge in [0.05, 0.1) is 19.9 Å². The largest absolute Gasteiger partial charge is 0.497 e. The first-order valence-corrected chi connectivity index (χ1v) is 4.74. The Morgan fingerprint density at radius 3 is 2.73 bits per heavy atom. The molecule has 0 aromatic heterocycles. The van der Waals surface area contributed by atoms with Crippen LogP contribution in [0, 0.1) is 6.92 Å². The topological polar surface area (TPSA) is 30.5 Å². The molecule has 1 rings (SSSR count). The zero-order valence-corrected chi connectivity index (χ0v) is 9.12. The molecule has 0 saturated carbocycles. The number of nitrogens with one attached hydrogen (secondary N) is 1. The minimum absolute atomic E-state index is 0.749. The lowest BCUT2D eigenvalue weighted by molar-refractivity contribution is 0.405. The number of ether oxygens (including phenoxy) is 2. The molecule has 0 aliphatic rings. The fourth-order valence-electron chi connectivity index (χ4n) is 1.16. The Bertz CT molecular complexity index is 334. The van der Waals surface area contributed by atoms with Gasteiger partial charge in [0.1, 0.15) is 11.5 Å². The van der Waals surface area contributed by atoms with Crippen LogP contribution in [0.15, 0.2) is 30.5 Å². The van der Waals surface area contributed by atoms with E-state index in [1.54, 1.807) is 14.2 Å². The van der Waals surface area contributed by atoms with Crippen LogP contribution in [0.1, 0.15) is 6.42 Å². The van der Waals surface area contributed by atoms with E-state index in [9.17, 15) is 0 Å². The van der Waals surface area contributed by atoms with Crippen LogP contribution in [-0.4, -0.2) is 14.2 Å². The van der Waals surface area contributed by atoms with E-state index in [1.807, 2.05) is 30.5 Å². The fourth-order valence-corrected chi connectivity index (χ4v) is 1.16. The number of methoxy groups -OCH3 is 2. The van der Waals surface area contributed by atoms with Gasteiger partial charge < -0.3 is 14.8 Å². The van der Waals surface area contributed by atoms with Crippen LogP contribution < -0.4 is 14.8 Å². The molecule has 81 valence electrons. The van der Waals surface area contributed by atoms with Crippen LogP contribution in [0.2, 0.25) is 0 Å². The summed E-state index contributed by atoms with van der Waals surface area (Å²) in [5, 5.41) is 3.11. The smallest absolute Gasteiger partial charge is 0.142 e. The highest BCUT2D eigenvalue weighted by molar-refractivity contribution is 5.61. The summed E-state index contributed by atoms with van der Waals surface area (Å²) in [6.45, 7) is 3.71. The Balaban J connectivity index is 2.85. The molecule has 3 heteroatoms. The quantitative estimate of drug-likeness (QED) is 0.803. The number of allylic oxidation sites excluding steroid dienone is 1. The van der Waals surface area contributed by atoms with E-state index in [0.717, 1.165) is 23.6 Å². The molecule has 0 unspecified atom stereocenters. The summed E-state index contributed by atoms with van der Waals surface area (Å²) in [6, 6.07) is 5.60. The van der Waals surface area contributed by atoms with Crippen LogP contribution in [0.3, 0.4) is 0 Å². The van der Waals surface area contributed by atoms with Gasteiger partial charge in [-0.25, -0.2) is 0 Å². The predicted octanol–water partition coefficient (Wildman–Crippen LogP) is 2.85. The van der Waals surface area contributed by atoms with Gasteiger partial charge in [0.15, 0.2) is 0 Å². The average Bonchev–Trinajstić information content (AvgIpc) is 2.29. The molecule has 0 amide bonds. The van der Waals surface area contributed by atoms with Crippen LogP contribution in [0.4, 0.5) is 5.69 Å². The zero-order chi connectivity index (χ0) is 11.1. The fraction of sp³-hybridized carbons (Fsp3) is 0.250. The molecule has 0 atom stereocenters. The van der Waals surface area contributed by atoms with Crippen LogP contribution >= 0.6 is 0 Å². The lowest BCUT2D eigenvalue weighted by Gasteiger charge is -2.09. The lowest BCUT2D eigenvalue weighted by atomic mass is 10.2. The molecule has 15 heavy (non-hydrogen) atoms. The molecule has 1 aromatic carbocycles. The second kappa shape index (κ2) is 5.96. The standard InChI is InChI=1S/C12H16NO2/c1-4-5-8-13-11-9-10(14-2)6-7-12(11)15-3/h5-9,13H,1,4H2,2-3H3. The number of anilines is 1. The van der Waals surface area contributed by atoms with Crippen molar-refractivity contribution in [3.63, 3.8) is 0 Å². The third-order valence-corrected chi connectivity index (χ3v) is 1.93. The van der Waals surface area contributed by atoms with Crippen molar-refractivity contribution in [2.45, 2.75) is 6.42 Å². The highest BCUT2D eigenvalue weighted by Crippen LogP contribution is 2.28. The number of hydrogen-bond acceptors (Lipinski definition) is 3. The van der Waals surface area contributed by atoms with Gasteiger partial charge in [0.25, 0.3) is 0 Å². The SMILES string of the molecule is [CH2]CC=CNc1cc(OC)ccc1OC. The molecule has 3 nitrogen and oxygen atoms in total. The maximum Gasteiger partial charge on any atom is 0.142 e. The molecule has 0 saturated heterocycles. The van der Waals surface area contributed by atoms with Crippen molar-refractivity contribution in [1.29, 1.82) is 0 Å². The molecule has 0 spiro atoms. The summed E-state index contributed by atoms with van der Waals surface area (Å²) in [5.41, 5.74) is 0.876. The predicted molar refractivity (Wildman–Crippen MR) is 62.3 cm³/mol. The van der Waals surface area contributed by atoms with Crippen molar-refractivity contribution in [2.24, 2.45) is 0 Å². The minimum atomic E-state index is 0.749. The molecular formula is C12H16NO2. The van der Waals surface area contributed by atoms with E-state index >= 15 is 0 Å². The minimum Gasteiger partial charge on any atom is -0.497 e. The average molecular weight is 206 g/mol. The highest BCUT2D eigenvalue weighted by Gasteiger charge is 2.02. The van der Waals surface area contributed by atoms with Gasteiger partial charge in [-0.15, -0.1) is 0 Å². The maximum absolute atomic E-state index is 5.21. The van der Waals surface area contributed by atoms with Gasteiger partial charge >= 0.3 is 0 Å². The first-order chi connectivity index (χ1) is 7.31. The highest BCUT2D eigenvalue weighted by atomic mass is 16.5. The molecular weight excluding hydrogens is 190 g/mol. The monoisotopic (exact) mass is 206 g/mol. The molecule has 1 N–H and O–H groups in total. The first-order valence-electron chi connectivity index (χ1n) is 4.74. The molecule has 1 radical (unpaired) electrons. The molecule has 0 heterocycles. The summed E-state index contributed by atoms with van der Waals surface area (Å²) in [4.78, 5) is 0. The Labute approximate surface area is 90.7 Å². The van der Waals surface area contributed by atoms with Crippen molar-refractivity contribution in [3.8, 4) is 11.5 Å². The summed E-state index contributed by atoms with van der Waals surface area (Å²) in [5.74, 6) is 1.57. The summed E-state index contributed by atoms with van der Waals surface area (Å²) in [6.07, 6.45) is 4.52. The van der Waals surface area contributed by atoms with Gasteiger partial charge in [0, 0.05) is 6.07 Å². The van der Waals surface area contributed by atoms with Gasteiger partial charge in [-0.2, -0.15) is 0 Å². The number of hydrogen-bond donors (Lipinski definition) is 1. The summed E-state index contributed by atoms with van der Waals surface area (Å²) in [7, 11) is 3.27. The third-order valence-electron chi connectivity index (χ3n) is 1.93. The summed E-state index contributed by atoms with van der Waals surface area (Å²) < 4.78 is 10.3. The van der Waals surface area contributed by atoms with E-state index in [4.69, 9.17) is 9.47 Å². The van der Waals surface area contributed by atoms with Gasteiger partial charge in [-0.3, -0.25) is 0 Å². The van der Waals surface area contributed by atoms with Crippen LogP contribution in [0.5, 0.6) is 11.5 Å². The van der Waals surface area contributed by atoms with E-state index in [1.165, 1.54) is 0 Å². The summed E-state index contributed by atoms with van der Waals surface area (Å²) >= 11 is 0. The van der Waals surface area contributed by atoms with E-state index in [2.05, 4.69) is 12.2 Å². The van der Waals surface area contributed by atoms with Gasteiger partial charge in [0.2, 0.25) is 0 Å².